The number of rotatable bonds is 6. The Morgan fingerprint density at radius 2 is 1.80 bits per heavy atom. The number of hydrogen-bond acceptors (Lipinski definition) is 7. The van der Waals surface area contributed by atoms with Crippen molar-refractivity contribution in [1.82, 2.24) is 24.3 Å². The Morgan fingerprint density at radius 1 is 0.971 bits per heavy atom. The molecule has 0 radical (unpaired) electrons. The maximum atomic E-state index is 13.2. The Balaban J connectivity index is 1.03. The quantitative estimate of drug-likeness (QED) is 0.387. The van der Waals surface area contributed by atoms with Gasteiger partial charge in [0.25, 0.3) is 5.56 Å². The first-order valence-electron chi connectivity index (χ1n) is 12.7. The topological polar surface area (TPSA) is 57.5 Å². The fraction of sp³-hybridized carbons (Fsp3) is 0.444. The summed E-state index contributed by atoms with van der Waals surface area (Å²) in [7, 11) is 2.14. The molecule has 1 fully saturated rings. The van der Waals surface area contributed by atoms with Crippen LogP contribution in [0.15, 0.2) is 47.7 Å². The number of likely N-dealkylation sites (N-methyl/N-ethyl adjacent to an activating group) is 1. The zero-order chi connectivity index (χ0) is 23.8. The molecule has 1 saturated heterocycles. The second-order valence-corrected chi connectivity index (χ2v) is 10.9. The molecule has 0 spiro atoms. The summed E-state index contributed by atoms with van der Waals surface area (Å²) in [5.41, 5.74) is 1.39. The summed E-state index contributed by atoms with van der Waals surface area (Å²) in [4.78, 5) is 32.0. The molecule has 0 saturated carbocycles. The van der Waals surface area contributed by atoms with Crippen LogP contribution in [0.2, 0.25) is 0 Å². The average molecular weight is 489 g/mol. The lowest BCUT2D eigenvalue weighted by Crippen LogP contribution is -2.47. The van der Waals surface area contributed by atoms with Crippen LogP contribution in [0.3, 0.4) is 0 Å². The number of aryl methyl sites for hydroxylation is 1. The maximum Gasteiger partial charge on any atom is 0.262 e. The molecule has 2 aliphatic heterocycles. The molecule has 2 aliphatic rings. The van der Waals surface area contributed by atoms with Gasteiger partial charge in [0.1, 0.15) is 10.6 Å². The van der Waals surface area contributed by atoms with Gasteiger partial charge in [0.15, 0.2) is 0 Å². The molecule has 182 valence electrons. The smallest absolute Gasteiger partial charge is 0.262 e. The van der Waals surface area contributed by atoms with Crippen LogP contribution in [0.5, 0.6) is 0 Å². The molecule has 1 aromatic carbocycles. The summed E-state index contributed by atoms with van der Waals surface area (Å²) in [5, 5.41) is 3.36. The van der Waals surface area contributed by atoms with E-state index in [1.165, 1.54) is 21.2 Å². The Hall–Kier alpha value is -2.81. The van der Waals surface area contributed by atoms with Crippen molar-refractivity contribution in [2.75, 3.05) is 51.2 Å². The van der Waals surface area contributed by atoms with Gasteiger partial charge in [-0.3, -0.25) is 14.3 Å². The number of anilines is 1. The lowest BCUT2D eigenvalue weighted by molar-refractivity contribution is 0.251. The summed E-state index contributed by atoms with van der Waals surface area (Å²) in [6, 6.07) is 10.6. The molecule has 0 amide bonds. The van der Waals surface area contributed by atoms with Gasteiger partial charge in [-0.15, -0.1) is 11.3 Å². The van der Waals surface area contributed by atoms with Crippen LogP contribution in [-0.2, 0) is 19.5 Å². The van der Waals surface area contributed by atoms with Gasteiger partial charge in [-0.1, -0.05) is 24.3 Å². The number of aromatic nitrogens is 3. The van der Waals surface area contributed by atoms with Gasteiger partial charge in [-0.25, -0.2) is 9.97 Å². The molecule has 0 bridgehead atoms. The van der Waals surface area contributed by atoms with E-state index in [9.17, 15) is 4.79 Å². The number of unbranched alkanes of at least 4 members (excludes halogenated alkanes) is 1. The molecule has 0 unspecified atom stereocenters. The maximum absolute atomic E-state index is 13.2. The number of benzene rings is 1. The number of pyridine rings is 1. The van der Waals surface area contributed by atoms with Crippen molar-refractivity contribution in [3.8, 4) is 0 Å². The highest BCUT2D eigenvalue weighted by atomic mass is 32.1. The van der Waals surface area contributed by atoms with E-state index >= 15 is 0 Å². The lowest BCUT2D eigenvalue weighted by Gasteiger charge is -2.35. The van der Waals surface area contributed by atoms with E-state index in [1.807, 2.05) is 10.8 Å². The normalized spacial score (nSPS) is 17.3. The predicted octanol–water partition coefficient (Wildman–Crippen LogP) is 3.60. The first-order valence-corrected chi connectivity index (χ1v) is 13.5. The van der Waals surface area contributed by atoms with Crippen molar-refractivity contribution < 1.29 is 0 Å². The number of nitrogens with zero attached hydrogens (tertiary/aromatic N) is 6. The third kappa shape index (κ3) is 4.46. The molecule has 35 heavy (non-hydrogen) atoms. The monoisotopic (exact) mass is 488 g/mol. The van der Waals surface area contributed by atoms with Crippen LogP contribution in [-0.4, -0.2) is 70.7 Å². The van der Waals surface area contributed by atoms with Gasteiger partial charge in [0.2, 0.25) is 0 Å². The fourth-order valence-corrected chi connectivity index (χ4v) is 6.72. The number of piperazine rings is 1. The van der Waals surface area contributed by atoms with Gasteiger partial charge in [0.05, 0.1) is 11.7 Å². The largest absolute Gasteiger partial charge is 0.354 e. The van der Waals surface area contributed by atoms with E-state index in [4.69, 9.17) is 0 Å². The summed E-state index contributed by atoms with van der Waals surface area (Å²) >= 11 is 1.69. The standard InChI is InChI=1S/C27H32N6OS/c1-30-13-9-22-23(18-30)35-26-24(22)27(34)33(19-29-26)12-5-4-11-31-14-16-32(17-15-31)25-21-7-3-2-6-20(21)8-10-28-25/h2-3,6-8,10,19H,4-5,9,11-18H2,1H3. The summed E-state index contributed by atoms with van der Waals surface area (Å²) in [5.74, 6) is 1.10. The number of fused-ring (bicyclic) bond motifs is 4. The lowest BCUT2D eigenvalue weighted by atomic mass is 10.1. The second-order valence-electron chi connectivity index (χ2n) is 9.81. The highest BCUT2D eigenvalue weighted by molar-refractivity contribution is 7.18. The van der Waals surface area contributed by atoms with Crippen LogP contribution in [0.25, 0.3) is 21.0 Å². The molecule has 0 aliphatic carbocycles. The Bertz CT molecular complexity index is 1400. The average Bonchev–Trinajstić information content (AvgIpc) is 3.26. The zero-order valence-corrected chi connectivity index (χ0v) is 21.1. The Kier molecular flexibility index (Phi) is 6.26. The van der Waals surface area contributed by atoms with Crippen molar-refractivity contribution in [3.05, 3.63) is 63.7 Å². The zero-order valence-electron chi connectivity index (χ0n) is 20.3. The predicted molar refractivity (Wildman–Crippen MR) is 144 cm³/mol. The first-order chi connectivity index (χ1) is 17.2. The van der Waals surface area contributed by atoms with Crippen molar-refractivity contribution >= 4 is 38.1 Å². The molecule has 8 heteroatoms. The minimum absolute atomic E-state index is 0.147. The van der Waals surface area contributed by atoms with Crippen molar-refractivity contribution in [3.63, 3.8) is 0 Å². The van der Waals surface area contributed by atoms with Crippen molar-refractivity contribution in [1.29, 1.82) is 0 Å². The molecule has 0 atom stereocenters. The molecule has 5 heterocycles. The number of thiophene rings is 1. The van der Waals surface area contributed by atoms with E-state index in [-0.39, 0.29) is 5.56 Å². The van der Waals surface area contributed by atoms with Gasteiger partial charge in [0, 0.05) is 62.3 Å². The van der Waals surface area contributed by atoms with Crippen LogP contribution in [0.4, 0.5) is 5.82 Å². The Morgan fingerprint density at radius 3 is 2.69 bits per heavy atom. The molecular formula is C27H32N6OS. The van der Waals surface area contributed by atoms with Crippen LogP contribution >= 0.6 is 11.3 Å². The van der Waals surface area contributed by atoms with E-state index in [2.05, 4.69) is 62.0 Å². The highest BCUT2D eigenvalue weighted by Crippen LogP contribution is 2.31. The van der Waals surface area contributed by atoms with E-state index in [1.54, 1.807) is 17.7 Å². The summed E-state index contributed by atoms with van der Waals surface area (Å²) < 4.78 is 1.83. The van der Waals surface area contributed by atoms with Crippen LogP contribution in [0.1, 0.15) is 23.3 Å². The fourth-order valence-electron chi connectivity index (χ4n) is 5.46. The van der Waals surface area contributed by atoms with Gasteiger partial charge in [-0.2, -0.15) is 0 Å². The van der Waals surface area contributed by atoms with Crippen LogP contribution < -0.4 is 10.5 Å². The van der Waals surface area contributed by atoms with Gasteiger partial charge >= 0.3 is 0 Å². The molecule has 0 N–H and O–H groups in total. The minimum Gasteiger partial charge on any atom is -0.354 e. The minimum atomic E-state index is 0.147. The molecule has 4 aromatic rings. The highest BCUT2D eigenvalue weighted by Gasteiger charge is 2.22. The van der Waals surface area contributed by atoms with E-state index in [0.717, 1.165) is 87.7 Å². The summed E-state index contributed by atoms with van der Waals surface area (Å²) in [6.07, 6.45) is 6.71. The molecule has 7 nitrogen and oxygen atoms in total. The first kappa shape index (κ1) is 22.6. The van der Waals surface area contributed by atoms with Crippen molar-refractivity contribution in [2.24, 2.45) is 0 Å². The Labute approximate surface area is 209 Å². The number of hydrogen-bond donors (Lipinski definition) is 0. The SMILES string of the molecule is CN1CCc2c(sc3ncn(CCCCN4CCN(c5nccc6ccccc56)CC4)c(=O)c23)C1. The third-order valence-corrected chi connectivity index (χ3v) is 8.59. The molecular weight excluding hydrogens is 456 g/mol. The van der Waals surface area contributed by atoms with Crippen molar-refractivity contribution in [2.45, 2.75) is 32.4 Å². The third-order valence-electron chi connectivity index (χ3n) is 7.47. The van der Waals surface area contributed by atoms with Crippen LogP contribution in [0, 0.1) is 0 Å². The van der Waals surface area contributed by atoms with Gasteiger partial charge < -0.3 is 9.80 Å². The molecule has 3 aromatic heterocycles. The second kappa shape index (κ2) is 9.68. The van der Waals surface area contributed by atoms with Gasteiger partial charge in [-0.05, 0) is 49.9 Å². The van der Waals surface area contributed by atoms with E-state index < -0.39 is 0 Å². The van der Waals surface area contributed by atoms with E-state index in [0.29, 0.717) is 0 Å². The summed E-state index contributed by atoms with van der Waals surface area (Å²) in [6.45, 7) is 7.85. The molecule has 6 rings (SSSR count).